The zero-order valence-electron chi connectivity index (χ0n) is 10.7. The number of nitrogens with one attached hydrogen (secondary N) is 1. The van der Waals surface area contributed by atoms with Crippen LogP contribution >= 0.6 is 0 Å². The first kappa shape index (κ1) is 14.1. The number of hydrogen-bond donors (Lipinski definition) is 1. The molecule has 0 aliphatic carbocycles. The van der Waals surface area contributed by atoms with Crippen molar-refractivity contribution < 1.29 is 17.6 Å². The van der Waals surface area contributed by atoms with Crippen LogP contribution in [0.3, 0.4) is 0 Å². The van der Waals surface area contributed by atoms with Gasteiger partial charge in [-0.05, 0) is 25.1 Å². The van der Waals surface area contributed by atoms with E-state index in [1.165, 1.54) is 29.4 Å². The molecule has 7 nitrogen and oxygen atoms in total. The maximum Gasteiger partial charge on any atom is 0.267 e. The lowest BCUT2D eigenvalue weighted by Gasteiger charge is -2.01. The largest absolute Gasteiger partial charge is 0.465 e. The fraction of sp³-hybridized carbons (Fsp3) is 0.167. The Morgan fingerprint density at radius 3 is 2.95 bits per heavy atom. The first-order valence-corrected chi connectivity index (χ1v) is 7.30. The van der Waals surface area contributed by atoms with Gasteiger partial charge in [0.05, 0.1) is 12.5 Å². The van der Waals surface area contributed by atoms with E-state index < -0.39 is 15.9 Å². The van der Waals surface area contributed by atoms with Crippen LogP contribution in [-0.2, 0) is 21.4 Å². The molecule has 0 atom stereocenters. The molecule has 0 aromatic carbocycles. The topological polar surface area (TPSA) is 94.2 Å². The van der Waals surface area contributed by atoms with Crippen molar-refractivity contribution in [1.82, 2.24) is 14.5 Å². The number of rotatable bonds is 5. The Balaban J connectivity index is 2.06. The predicted molar refractivity (Wildman–Crippen MR) is 71.0 cm³/mol. The summed E-state index contributed by atoms with van der Waals surface area (Å²) < 4.78 is 32.1. The predicted octanol–water partition coefficient (Wildman–Crippen LogP) is 1.01. The van der Waals surface area contributed by atoms with Crippen molar-refractivity contribution in [3.63, 3.8) is 0 Å². The van der Waals surface area contributed by atoms with E-state index in [9.17, 15) is 13.2 Å². The maximum atomic E-state index is 11.9. The maximum absolute atomic E-state index is 11.9. The molecular formula is C12H13N3O4S. The average molecular weight is 295 g/mol. The summed E-state index contributed by atoms with van der Waals surface area (Å²) in [5.74, 6) is -0.304. The Morgan fingerprint density at radius 2 is 2.35 bits per heavy atom. The second-order valence-electron chi connectivity index (χ2n) is 3.85. The highest BCUT2D eigenvalue weighted by atomic mass is 32.2. The molecule has 0 fully saturated rings. The van der Waals surface area contributed by atoms with Crippen molar-refractivity contribution in [2.75, 3.05) is 0 Å². The molecular weight excluding hydrogens is 282 g/mol. The molecule has 0 aliphatic rings. The summed E-state index contributed by atoms with van der Waals surface area (Å²) in [6, 6.07) is 3.30. The SMILES string of the molecule is CCn1cc(S(=O)(=O)NC(=O)C=Cc2ccco2)cn1. The molecule has 0 aliphatic heterocycles. The molecule has 20 heavy (non-hydrogen) atoms. The van der Waals surface area contributed by atoms with Crippen LogP contribution in [0.4, 0.5) is 0 Å². The first-order valence-electron chi connectivity index (χ1n) is 5.82. The molecule has 1 N–H and O–H groups in total. The van der Waals surface area contributed by atoms with Crippen molar-refractivity contribution in [3.05, 3.63) is 42.6 Å². The van der Waals surface area contributed by atoms with Gasteiger partial charge in [0.1, 0.15) is 10.7 Å². The van der Waals surface area contributed by atoms with Crippen LogP contribution in [0.1, 0.15) is 12.7 Å². The van der Waals surface area contributed by atoms with Gasteiger partial charge < -0.3 is 4.42 Å². The van der Waals surface area contributed by atoms with Crippen LogP contribution in [0.25, 0.3) is 6.08 Å². The van der Waals surface area contributed by atoms with Gasteiger partial charge in [0.15, 0.2) is 0 Å². The lowest BCUT2D eigenvalue weighted by molar-refractivity contribution is -0.114. The van der Waals surface area contributed by atoms with Crippen LogP contribution in [-0.4, -0.2) is 24.1 Å². The van der Waals surface area contributed by atoms with E-state index >= 15 is 0 Å². The molecule has 0 radical (unpaired) electrons. The third-order valence-electron chi connectivity index (χ3n) is 2.42. The lowest BCUT2D eigenvalue weighted by atomic mass is 10.4. The molecule has 2 heterocycles. The zero-order chi connectivity index (χ0) is 14.6. The Kier molecular flexibility index (Phi) is 4.04. The summed E-state index contributed by atoms with van der Waals surface area (Å²) in [5.41, 5.74) is 0. The summed E-state index contributed by atoms with van der Waals surface area (Å²) in [5, 5.41) is 3.85. The fourth-order valence-electron chi connectivity index (χ4n) is 1.43. The minimum atomic E-state index is -3.90. The van der Waals surface area contributed by atoms with Crippen LogP contribution in [0, 0.1) is 0 Å². The molecule has 0 spiro atoms. The third kappa shape index (κ3) is 3.35. The van der Waals surface area contributed by atoms with E-state index in [-0.39, 0.29) is 4.90 Å². The van der Waals surface area contributed by atoms with Crippen molar-refractivity contribution in [3.8, 4) is 0 Å². The van der Waals surface area contributed by atoms with Crippen LogP contribution in [0.5, 0.6) is 0 Å². The molecule has 2 aromatic heterocycles. The number of amides is 1. The van der Waals surface area contributed by atoms with Crippen LogP contribution in [0.2, 0.25) is 0 Å². The quantitative estimate of drug-likeness (QED) is 0.831. The molecule has 106 valence electrons. The zero-order valence-corrected chi connectivity index (χ0v) is 11.5. The molecule has 0 saturated carbocycles. The van der Waals surface area contributed by atoms with Gasteiger partial charge in [-0.15, -0.1) is 0 Å². The number of nitrogens with zero attached hydrogens (tertiary/aromatic N) is 2. The van der Waals surface area contributed by atoms with E-state index in [1.54, 1.807) is 12.1 Å². The number of hydrogen-bond acceptors (Lipinski definition) is 5. The molecule has 0 saturated heterocycles. The standard InChI is InChI=1S/C12H13N3O4S/c1-2-15-9-11(8-13-15)20(17,18)14-12(16)6-5-10-4-3-7-19-10/h3-9H,2H2,1H3,(H,14,16). The normalized spacial score (nSPS) is 11.8. The number of carbonyl (C=O) groups excluding carboxylic acids is 1. The third-order valence-corrected chi connectivity index (χ3v) is 3.72. The van der Waals surface area contributed by atoms with Crippen molar-refractivity contribution in [1.29, 1.82) is 0 Å². The Morgan fingerprint density at radius 1 is 1.55 bits per heavy atom. The summed E-state index contributed by atoms with van der Waals surface area (Å²) in [6.45, 7) is 2.37. The van der Waals surface area contributed by atoms with E-state index in [0.717, 1.165) is 6.08 Å². The Bertz CT molecular complexity index is 714. The number of carbonyl (C=O) groups is 1. The van der Waals surface area contributed by atoms with Gasteiger partial charge in [-0.1, -0.05) is 0 Å². The number of aromatic nitrogens is 2. The summed E-state index contributed by atoms with van der Waals surface area (Å²) in [6.07, 6.45) is 6.45. The highest BCUT2D eigenvalue weighted by Gasteiger charge is 2.18. The Hall–Kier alpha value is -2.35. The average Bonchev–Trinajstić information content (AvgIpc) is 3.07. The molecule has 0 bridgehead atoms. The highest BCUT2D eigenvalue weighted by molar-refractivity contribution is 7.90. The Labute approximate surface area is 115 Å². The van der Waals surface area contributed by atoms with Gasteiger partial charge in [0.2, 0.25) is 0 Å². The van der Waals surface area contributed by atoms with E-state index in [0.29, 0.717) is 12.3 Å². The molecule has 0 unspecified atom stereocenters. The molecule has 8 heteroatoms. The second-order valence-corrected chi connectivity index (χ2v) is 5.53. The van der Waals surface area contributed by atoms with E-state index in [2.05, 4.69) is 5.10 Å². The molecule has 2 aromatic rings. The van der Waals surface area contributed by atoms with Gasteiger partial charge in [0, 0.05) is 18.8 Å². The second kappa shape index (κ2) is 5.74. The smallest absolute Gasteiger partial charge is 0.267 e. The first-order chi connectivity index (χ1) is 9.51. The highest BCUT2D eigenvalue weighted by Crippen LogP contribution is 2.07. The van der Waals surface area contributed by atoms with Gasteiger partial charge in [-0.2, -0.15) is 5.10 Å². The van der Waals surface area contributed by atoms with Crippen molar-refractivity contribution >= 4 is 22.0 Å². The monoisotopic (exact) mass is 295 g/mol. The fourth-order valence-corrected chi connectivity index (χ4v) is 2.32. The number of furan rings is 1. The van der Waals surface area contributed by atoms with E-state index in [4.69, 9.17) is 4.42 Å². The van der Waals surface area contributed by atoms with Crippen LogP contribution in [0.15, 0.2) is 46.2 Å². The summed E-state index contributed by atoms with van der Waals surface area (Å²) in [4.78, 5) is 11.5. The minimum absolute atomic E-state index is 0.0564. The van der Waals surface area contributed by atoms with Gasteiger partial charge in [0.25, 0.3) is 15.9 Å². The minimum Gasteiger partial charge on any atom is -0.465 e. The molecule has 1 amide bonds. The van der Waals surface area contributed by atoms with Crippen molar-refractivity contribution in [2.24, 2.45) is 0 Å². The summed E-state index contributed by atoms with van der Waals surface area (Å²) in [7, 11) is -3.90. The van der Waals surface area contributed by atoms with Crippen molar-refractivity contribution in [2.45, 2.75) is 18.4 Å². The molecule has 2 rings (SSSR count). The number of sulfonamides is 1. The summed E-state index contributed by atoms with van der Waals surface area (Å²) >= 11 is 0. The van der Waals surface area contributed by atoms with Gasteiger partial charge >= 0.3 is 0 Å². The lowest BCUT2D eigenvalue weighted by Crippen LogP contribution is -2.28. The van der Waals surface area contributed by atoms with Crippen LogP contribution < -0.4 is 4.72 Å². The van der Waals surface area contributed by atoms with Gasteiger partial charge in [-0.3, -0.25) is 9.48 Å². The number of aryl methyl sites for hydroxylation is 1. The van der Waals surface area contributed by atoms with Gasteiger partial charge in [-0.25, -0.2) is 13.1 Å². The van der Waals surface area contributed by atoms with E-state index in [1.807, 2.05) is 11.6 Å².